The van der Waals surface area contributed by atoms with Gasteiger partial charge in [-0.25, -0.2) is 17.1 Å². The predicted octanol–water partition coefficient (Wildman–Crippen LogP) is 1.45. The van der Waals surface area contributed by atoms with Crippen LogP contribution in [0.3, 0.4) is 0 Å². The first-order valence-electron chi connectivity index (χ1n) is 6.50. The standard InChI is InChI=1S/C13H19FN2O3S/c1-16(8-10-3-2-6-19-9-10)20(17,18)13-7-11(14)4-5-12(13)15/h4-5,7,10H,2-3,6,8-9,15H2,1H3. The van der Waals surface area contributed by atoms with Crippen molar-refractivity contribution in [2.45, 2.75) is 17.7 Å². The number of rotatable bonds is 4. The van der Waals surface area contributed by atoms with Crippen LogP contribution in [0, 0.1) is 11.7 Å². The van der Waals surface area contributed by atoms with Crippen molar-refractivity contribution in [3.63, 3.8) is 0 Å². The minimum absolute atomic E-state index is 0.0538. The first kappa shape index (κ1) is 15.2. The number of hydrogen-bond acceptors (Lipinski definition) is 4. The molecule has 5 nitrogen and oxygen atoms in total. The van der Waals surface area contributed by atoms with Crippen LogP contribution in [0.15, 0.2) is 23.1 Å². The van der Waals surface area contributed by atoms with Crippen molar-refractivity contribution in [3.05, 3.63) is 24.0 Å². The second kappa shape index (κ2) is 6.07. The zero-order chi connectivity index (χ0) is 14.8. The Morgan fingerprint density at radius 3 is 2.90 bits per heavy atom. The zero-order valence-corrected chi connectivity index (χ0v) is 12.2. The average Bonchev–Trinajstić information content (AvgIpc) is 2.42. The summed E-state index contributed by atoms with van der Waals surface area (Å²) in [5.41, 5.74) is 5.70. The van der Waals surface area contributed by atoms with Crippen LogP contribution in [0.4, 0.5) is 10.1 Å². The van der Waals surface area contributed by atoms with Gasteiger partial charge in [-0.2, -0.15) is 0 Å². The zero-order valence-electron chi connectivity index (χ0n) is 11.4. The maximum Gasteiger partial charge on any atom is 0.244 e. The molecule has 112 valence electrons. The van der Waals surface area contributed by atoms with Gasteiger partial charge in [-0.05, 0) is 37.0 Å². The van der Waals surface area contributed by atoms with Gasteiger partial charge in [0.2, 0.25) is 10.0 Å². The highest BCUT2D eigenvalue weighted by molar-refractivity contribution is 7.89. The Kier molecular flexibility index (Phi) is 4.62. The number of hydrogen-bond donors (Lipinski definition) is 1. The maximum absolute atomic E-state index is 13.2. The molecule has 1 atom stereocenters. The van der Waals surface area contributed by atoms with Crippen LogP contribution in [0.5, 0.6) is 0 Å². The molecule has 1 heterocycles. The quantitative estimate of drug-likeness (QED) is 0.855. The van der Waals surface area contributed by atoms with Gasteiger partial charge in [0.15, 0.2) is 0 Å². The van der Waals surface area contributed by atoms with E-state index < -0.39 is 15.8 Å². The summed E-state index contributed by atoms with van der Waals surface area (Å²) in [4.78, 5) is -0.184. The summed E-state index contributed by atoms with van der Waals surface area (Å²) in [6, 6.07) is 3.36. The molecule has 0 saturated carbocycles. The summed E-state index contributed by atoms with van der Waals surface area (Å²) in [7, 11) is -2.30. The summed E-state index contributed by atoms with van der Waals surface area (Å²) in [6.45, 7) is 1.63. The van der Waals surface area contributed by atoms with E-state index in [4.69, 9.17) is 10.5 Å². The number of nitrogens with zero attached hydrogens (tertiary/aromatic N) is 1. The monoisotopic (exact) mass is 302 g/mol. The highest BCUT2D eigenvalue weighted by atomic mass is 32.2. The van der Waals surface area contributed by atoms with Crippen molar-refractivity contribution in [3.8, 4) is 0 Å². The summed E-state index contributed by atoms with van der Waals surface area (Å²) in [6.07, 6.45) is 1.86. The molecule has 1 unspecified atom stereocenters. The highest BCUT2D eigenvalue weighted by Crippen LogP contribution is 2.24. The Balaban J connectivity index is 2.18. The van der Waals surface area contributed by atoms with Gasteiger partial charge in [0.1, 0.15) is 10.7 Å². The van der Waals surface area contributed by atoms with Gasteiger partial charge in [0, 0.05) is 20.2 Å². The number of sulfonamides is 1. The summed E-state index contributed by atoms with van der Waals surface area (Å²) >= 11 is 0. The average molecular weight is 302 g/mol. The van der Waals surface area contributed by atoms with E-state index in [0.29, 0.717) is 13.2 Å². The number of ether oxygens (including phenoxy) is 1. The van der Waals surface area contributed by atoms with Gasteiger partial charge in [0.05, 0.1) is 12.3 Å². The molecular weight excluding hydrogens is 283 g/mol. The van der Waals surface area contributed by atoms with Crippen LogP contribution in [-0.4, -0.2) is 39.5 Å². The first-order valence-corrected chi connectivity index (χ1v) is 7.94. The van der Waals surface area contributed by atoms with E-state index in [2.05, 4.69) is 0 Å². The third-order valence-corrected chi connectivity index (χ3v) is 5.31. The molecule has 0 aliphatic carbocycles. The third kappa shape index (κ3) is 3.28. The number of nitrogen functional groups attached to an aromatic ring is 1. The SMILES string of the molecule is CN(CC1CCCOC1)S(=O)(=O)c1cc(F)ccc1N. The number of benzene rings is 1. The lowest BCUT2D eigenvalue weighted by atomic mass is 10.0. The van der Waals surface area contributed by atoms with Crippen LogP contribution < -0.4 is 5.73 Å². The number of nitrogens with two attached hydrogens (primary N) is 1. The molecule has 0 bridgehead atoms. The molecule has 1 aromatic carbocycles. The molecule has 0 amide bonds. The van der Waals surface area contributed by atoms with Crippen LogP contribution >= 0.6 is 0 Å². The normalized spacial score (nSPS) is 20.2. The largest absolute Gasteiger partial charge is 0.398 e. The Hall–Kier alpha value is -1.18. The van der Waals surface area contributed by atoms with E-state index >= 15 is 0 Å². The molecule has 2 N–H and O–H groups in total. The highest BCUT2D eigenvalue weighted by Gasteiger charge is 2.27. The van der Waals surface area contributed by atoms with Crippen LogP contribution in [-0.2, 0) is 14.8 Å². The molecule has 0 aromatic heterocycles. The summed E-state index contributed by atoms with van der Waals surface area (Å²) < 4.78 is 44.6. The number of anilines is 1. The Morgan fingerprint density at radius 2 is 2.25 bits per heavy atom. The summed E-state index contributed by atoms with van der Waals surface area (Å²) in [5.74, 6) is -0.453. The first-order chi connectivity index (χ1) is 9.41. The topological polar surface area (TPSA) is 72.6 Å². The molecule has 0 radical (unpaired) electrons. The molecule has 7 heteroatoms. The number of halogens is 1. The molecule has 1 fully saturated rings. The van der Waals surface area contributed by atoms with E-state index in [1.54, 1.807) is 0 Å². The van der Waals surface area contributed by atoms with Crippen molar-refractivity contribution in [1.82, 2.24) is 4.31 Å². The fraction of sp³-hybridized carbons (Fsp3) is 0.538. The fourth-order valence-electron chi connectivity index (χ4n) is 2.31. The second-order valence-electron chi connectivity index (χ2n) is 5.05. The van der Waals surface area contributed by atoms with Gasteiger partial charge in [-0.1, -0.05) is 0 Å². The minimum atomic E-state index is -3.78. The van der Waals surface area contributed by atoms with Gasteiger partial charge < -0.3 is 10.5 Å². The molecule has 1 aliphatic heterocycles. The molecule has 1 aliphatic rings. The van der Waals surface area contributed by atoms with Gasteiger partial charge in [-0.3, -0.25) is 0 Å². The lowest BCUT2D eigenvalue weighted by molar-refractivity contribution is 0.0495. The Labute approximate surface area is 118 Å². The lowest BCUT2D eigenvalue weighted by Gasteiger charge is -2.27. The summed E-state index contributed by atoms with van der Waals surface area (Å²) in [5, 5.41) is 0. The fourth-order valence-corrected chi connectivity index (χ4v) is 3.68. The van der Waals surface area contributed by atoms with Crippen molar-refractivity contribution < 1.29 is 17.5 Å². The van der Waals surface area contributed by atoms with Crippen molar-refractivity contribution in [2.24, 2.45) is 5.92 Å². The smallest absolute Gasteiger partial charge is 0.244 e. The van der Waals surface area contributed by atoms with Gasteiger partial charge in [-0.15, -0.1) is 0 Å². The van der Waals surface area contributed by atoms with Crippen LogP contribution in [0.1, 0.15) is 12.8 Å². The molecule has 0 spiro atoms. The Morgan fingerprint density at radius 1 is 1.50 bits per heavy atom. The molecule has 2 rings (SSSR count). The van der Waals surface area contributed by atoms with E-state index in [0.717, 1.165) is 31.6 Å². The predicted molar refractivity (Wildman–Crippen MR) is 74.2 cm³/mol. The van der Waals surface area contributed by atoms with Gasteiger partial charge in [0.25, 0.3) is 0 Å². The van der Waals surface area contributed by atoms with E-state index in [1.807, 2.05) is 0 Å². The van der Waals surface area contributed by atoms with Crippen LogP contribution in [0.25, 0.3) is 0 Å². The second-order valence-corrected chi connectivity index (χ2v) is 7.06. The van der Waals surface area contributed by atoms with Crippen LogP contribution in [0.2, 0.25) is 0 Å². The van der Waals surface area contributed by atoms with Crippen molar-refractivity contribution in [1.29, 1.82) is 0 Å². The van der Waals surface area contributed by atoms with E-state index in [9.17, 15) is 12.8 Å². The van der Waals surface area contributed by atoms with Crippen molar-refractivity contribution in [2.75, 3.05) is 32.5 Å². The van der Waals surface area contributed by atoms with E-state index in [1.165, 1.54) is 17.4 Å². The minimum Gasteiger partial charge on any atom is -0.398 e. The lowest BCUT2D eigenvalue weighted by Crippen LogP contribution is -2.35. The molecule has 1 aromatic rings. The van der Waals surface area contributed by atoms with Gasteiger partial charge >= 0.3 is 0 Å². The molecule has 20 heavy (non-hydrogen) atoms. The maximum atomic E-state index is 13.2. The Bertz CT molecular complexity index is 571. The molecular formula is C13H19FN2O3S. The molecule has 1 saturated heterocycles. The third-order valence-electron chi connectivity index (χ3n) is 3.43. The van der Waals surface area contributed by atoms with Crippen molar-refractivity contribution >= 4 is 15.7 Å². The van der Waals surface area contributed by atoms with E-state index in [-0.39, 0.29) is 16.5 Å².